The molecule has 1 saturated heterocycles. The summed E-state index contributed by atoms with van der Waals surface area (Å²) in [5.41, 5.74) is 0.996. The first-order valence-electron chi connectivity index (χ1n) is 7.10. The minimum absolute atomic E-state index is 0. The maximum atomic E-state index is 12.7. The number of amides is 1. The lowest BCUT2D eigenvalue weighted by atomic mass is 10.0. The summed E-state index contributed by atoms with van der Waals surface area (Å²) in [7, 11) is 1.64. The molecule has 1 unspecified atom stereocenters. The number of benzene rings is 1. The van der Waals surface area contributed by atoms with Crippen molar-refractivity contribution in [3.8, 4) is 5.75 Å². The van der Waals surface area contributed by atoms with Crippen LogP contribution in [0.5, 0.6) is 5.75 Å². The van der Waals surface area contributed by atoms with Gasteiger partial charge in [0.25, 0.3) is 5.91 Å². The van der Waals surface area contributed by atoms with E-state index in [9.17, 15) is 4.79 Å². The quantitative estimate of drug-likeness (QED) is 0.858. The van der Waals surface area contributed by atoms with Gasteiger partial charge in [0.15, 0.2) is 10.4 Å². The summed E-state index contributed by atoms with van der Waals surface area (Å²) in [6.45, 7) is 2.08. The Balaban J connectivity index is 0.00000192. The first kappa shape index (κ1) is 17.8. The number of furan rings is 1. The zero-order valence-corrected chi connectivity index (χ0v) is 15.0. The zero-order chi connectivity index (χ0) is 15.5. The van der Waals surface area contributed by atoms with Gasteiger partial charge in [0.1, 0.15) is 5.75 Å². The molecule has 1 N–H and O–H groups in total. The van der Waals surface area contributed by atoms with E-state index in [0.717, 1.165) is 17.9 Å². The van der Waals surface area contributed by atoms with Gasteiger partial charge in [0.05, 0.1) is 13.2 Å². The van der Waals surface area contributed by atoms with E-state index >= 15 is 0 Å². The third-order valence-electron chi connectivity index (χ3n) is 3.79. The van der Waals surface area contributed by atoms with E-state index in [1.165, 1.54) is 0 Å². The molecule has 0 radical (unpaired) electrons. The third-order valence-corrected chi connectivity index (χ3v) is 4.21. The number of rotatable bonds is 3. The van der Waals surface area contributed by atoms with E-state index in [-0.39, 0.29) is 24.4 Å². The van der Waals surface area contributed by atoms with Gasteiger partial charge in [0, 0.05) is 25.2 Å². The molecule has 0 bridgehead atoms. The first-order valence-corrected chi connectivity index (χ1v) is 7.90. The van der Waals surface area contributed by atoms with Gasteiger partial charge in [-0.05, 0) is 34.1 Å². The molecular weight excluding hydrogens is 384 g/mol. The molecule has 2 heterocycles. The van der Waals surface area contributed by atoms with Crippen molar-refractivity contribution in [3.05, 3.63) is 52.4 Å². The Bertz CT molecular complexity index is 677. The Morgan fingerprint density at radius 2 is 2.13 bits per heavy atom. The summed E-state index contributed by atoms with van der Waals surface area (Å²) in [4.78, 5) is 14.6. The number of ether oxygens (including phenoxy) is 1. The average molecular weight is 402 g/mol. The van der Waals surface area contributed by atoms with E-state index in [4.69, 9.17) is 9.15 Å². The molecular formula is C16H18BrClN2O3. The predicted molar refractivity (Wildman–Crippen MR) is 93.3 cm³/mol. The number of carbonyl (C=O) groups excluding carboxylic acids is 1. The van der Waals surface area contributed by atoms with E-state index in [1.807, 2.05) is 29.2 Å². The lowest BCUT2D eigenvalue weighted by molar-refractivity contribution is 0.0597. The summed E-state index contributed by atoms with van der Waals surface area (Å²) in [5, 5.41) is 3.34. The van der Waals surface area contributed by atoms with Crippen molar-refractivity contribution >= 4 is 34.2 Å². The number of nitrogens with one attached hydrogen (secondary N) is 1. The molecule has 1 aliphatic rings. The van der Waals surface area contributed by atoms with Crippen molar-refractivity contribution in [2.24, 2.45) is 0 Å². The fourth-order valence-corrected chi connectivity index (χ4v) is 3.04. The maximum absolute atomic E-state index is 12.7. The average Bonchev–Trinajstić information content (AvgIpc) is 3.00. The number of hydrogen-bond donors (Lipinski definition) is 1. The van der Waals surface area contributed by atoms with Crippen LogP contribution in [-0.2, 0) is 0 Å². The van der Waals surface area contributed by atoms with E-state index in [1.54, 1.807) is 19.2 Å². The molecule has 7 heteroatoms. The highest BCUT2D eigenvalue weighted by Crippen LogP contribution is 2.31. The zero-order valence-electron chi connectivity index (χ0n) is 12.6. The summed E-state index contributed by atoms with van der Waals surface area (Å²) in [5.74, 6) is 1.02. The lowest BCUT2D eigenvalue weighted by Gasteiger charge is -2.36. The molecule has 23 heavy (non-hydrogen) atoms. The van der Waals surface area contributed by atoms with Gasteiger partial charge < -0.3 is 19.4 Å². The predicted octanol–water partition coefficient (Wildman–Crippen LogP) is 3.26. The van der Waals surface area contributed by atoms with Gasteiger partial charge >= 0.3 is 0 Å². The number of piperazine rings is 1. The summed E-state index contributed by atoms with van der Waals surface area (Å²) in [6, 6.07) is 11.1. The van der Waals surface area contributed by atoms with Crippen molar-refractivity contribution in [1.29, 1.82) is 0 Å². The SMILES string of the molecule is COc1ccccc1C1CNCCN1C(=O)c1ccc(Br)o1.Cl. The second-order valence-corrected chi connectivity index (χ2v) is 5.85. The van der Waals surface area contributed by atoms with Crippen LogP contribution in [0.2, 0.25) is 0 Å². The Labute approximate surface area is 149 Å². The van der Waals surface area contributed by atoms with Crippen LogP contribution in [0.25, 0.3) is 0 Å². The molecule has 0 aliphatic carbocycles. The van der Waals surface area contributed by atoms with Gasteiger partial charge in [-0.1, -0.05) is 18.2 Å². The van der Waals surface area contributed by atoms with Crippen LogP contribution in [0.4, 0.5) is 0 Å². The molecule has 1 amide bonds. The van der Waals surface area contributed by atoms with Crippen LogP contribution in [0.3, 0.4) is 0 Å². The molecule has 1 aromatic heterocycles. The monoisotopic (exact) mass is 400 g/mol. The Morgan fingerprint density at radius 3 is 2.83 bits per heavy atom. The van der Waals surface area contributed by atoms with Crippen molar-refractivity contribution in [3.63, 3.8) is 0 Å². The maximum Gasteiger partial charge on any atom is 0.290 e. The summed E-state index contributed by atoms with van der Waals surface area (Å²) >= 11 is 3.24. The fraction of sp³-hybridized carbons (Fsp3) is 0.312. The van der Waals surface area contributed by atoms with Crippen LogP contribution in [0.15, 0.2) is 45.5 Å². The summed E-state index contributed by atoms with van der Waals surface area (Å²) in [6.07, 6.45) is 0. The lowest BCUT2D eigenvalue weighted by Crippen LogP contribution is -2.48. The highest BCUT2D eigenvalue weighted by atomic mass is 79.9. The highest BCUT2D eigenvalue weighted by Gasteiger charge is 2.31. The van der Waals surface area contributed by atoms with Crippen molar-refractivity contribution in [2.45, 2.75) is 6.04 Å². The topological polar surface area (TPSA) is 54.7 Å². The Kier molecular flexibility index (Phi) is 6.10. The molecule has 2 aromatic rings. The largest absolute Gasteiger partial charge is 0.496 e. The van der Waals surface area contributed by atoms with Gasteiger partial charge in [-0.2, -0.15) is 0 Å². The number of hydrogen-bond acceptors (Lipinski definition) is 4. The number of nitrogens with zero attached hydrogens (tertiary/aromatic N) is 1. The Hall–Kier alpha value is -1.50. The minimum atomic E-state index is -0.108. The second kappa shape index (κ2) is 7.86. The number of carbonyl (C=O) groups is 1. The molecule has 1 fully saturated rings. The van der Waals surface area contributed by atoms with Crippen LogP contribution in [0.1, 0.15) is 22.2 Å². The van der Waals surface area contributed by atoms with E-state index in [0.29, 0.717) is 23.5 Å². The fourth-order valence-electron chi connectivity index (χ4n) is 2.74. The van der Waals surface area contributed by atoms with Crippen molar-refractivity contribution in [2.75, 3.05) is 26.7 Å². The minimum Gasteiger partial charge on any atom is -0.496 e. The van der Waals surface area contributed by atoms with Crippen molar-refractivity contribution < 1.29 is 13.9 Å². The molecule has 3 rings (SSSR count). The first-order chi connectivity index (χ1) is 10.7. The molecule has 0 saturated carbocycles. The number of para-hydroxylation sites is 1. The van der Waals surface area contributed by atoms with E-state index in [2.05, 4.69) is 21.2 Å². The Morgan fingerprint density at radius 1 is 1.35 bits per heavy atom. The molecule has 124 valence electrons. The highest BCUT2D eigenvalue weighted by molar-refractivity contribution is 9.10. The van der Waals surface area contributed by atoms with Crippen LogP contribution >= 0.6 is 28.3 Å². The smallest absolute Gasteiger partial charge is 0.290 e. The molecule has 1 atom stereocenters. The molecule has 1 aliphatic heterocycles. The normalized spacial score (nSPS) is 17.5. The number of halogens is 2. The van der Waals surface area contributed by atoms with Crippen molar-refractivity contribution in [1.82, 2.24) is 10.2 Å². The third kappa shape index (κ3) is 3.71. The van der Waals surface area contributed by atoms with Crippen LogP contribution < -0.4 is 10.1 Å². The van der Waals surface area contributed by atoms with E-state index < -0.39 is 0 Å². The van der Waals surface area contributed by atoms with Gasteiger partial charge in [-0.15, -0.1) is 12.4 Å². The number of methoxy groups -OCH3 is 1. The van der Waals surface area contributed by atoms with Crippen LogP contribution in [0, 0.1) is 0 Å². The molecule has 5 nitrogen and oxygen atoms in total. The molecule has 0 spiro atoms. The standard InChI is InChI=1S/C16H17BrN2O3.ClH/c1-21-13-5-3-2-4-11(13)12-10-18-8-9-19(12)16(20)14-6-7-15(17)22-14;/h2-7,12,18H,8-10H2,1H3;1H. The summed E-state index contributed by atoms with van der Waals surface area (Å²) < 4.78 is 11.4. The van der Waals surface area contributed by atoms with Gasteiger partial charge in [-0.25, -0.2) is 0 Å². The van der Waals surface area contributed by atoms with Crippen LogP contribution in [-0.4, -0.2) is 37.6 Å². The second-order valence-electron chi connectivity index (χ2n) is 5.06. The van der Waals surface area contributed by atoms with Gasteiger partial charge in [-0.3, -0.25) is 4.79 Å². The molecule has 1 aromatic carbocycles. The van der Waals surface area contributed by atoms with Gasteiger partial charge in [0.2, 0.25) is 0 Å².